The monoisotopic (exact) mass is 210 g/mol. The zero-order valence-electron chi connectivity index (χ0n) is 7.45. The van der Waals surface area contributed by atoms with Gasteiger partial charge in [-0.2, -0.15) is 0 Å². The minimum absolute atomic E-state index is 0.0686. The second kappa shape index (κ2) is 3.97. The Morgan fingerprint density at radius 2 is 1.91 bits per heavy atom. The first kappa shape index (κ1) is 11.5. The molecule has 0 radical (unpaired) electrons. The fourth-order valence-electron chi connectivity index (χ4n) is 0.658. The van der Waals surface area contributed by atoms with E-state index in [1.807, 2.05) is 6.08 Å². The molecule has 0 amide bonds. The minimum atomic E-state index is -0.576. The van der Waals surface area contributed by atoms with Gasteiger partial charge in [0, 0.05) is 10.2 Å². The largest absolute Gasteiger partial charge is 0.120 e. The summed E-state index contributed by atoms with van der Waals surface area (Å²) in [6.45, 7) is 7.84. The third-order valence-electron chi connectivity index (χ3n) is 1.76. The fourth-order valence-corrected chi connectivity index (χ4v) is 1.13. The number of alkyl halides is 2. The van der Waals surface area contributed by atoms with Gasteiger partial charge in [-0.15, -0.1) is 29.8 Å². The van der Waals surface area contributed by atoms with Gasteiger partial charge in [0.2, 0.25) is 0 Å². The molecule has 0 fully saturated rings. The lowest BCUT2D eigenvalue weighted by molar-refractivity contribution is 0.543. The van der Waals surface area contributed by atoms with E-state index in [1.165, 1.54) is 0 Å². The molecule has 0 aliphatic heterocycles. The normalized spacial score (nSPS) is 13.5. The van der Waals surface area contributed by atoms with Crippen molar-refractivity contribution in [3.05, 3.63) is 12.7 Å². The predicted molar refractivity (Wildman–Crippen MR) is 57.8 cm³/mol. The van der Waals surface area contributed by atoms with E-state index in [1.54, 1.807) is 0 Å². The first-order valence-electron chi connectivity index (χ1n) is 3.80. The van der Waals surface area contributed by atoms with Crippen molar-refractivity contribution in [3.8, 4) is 0 Å². The van der Waals surface area contributed by atoms with E-state index in [0.717, 1.165) is 23.1 Å². The maximum Gasteiger partial charge on any atom is 0.120 e. The Kier molecular flexibility index (Phi) is 4.16. The molecule has 0 heterocycles. The summed E-state index contributed by atoms with van der Waals surface area (Å²) in [5.74, 6) is 0. The summed E-state index contributed by atoms with van der Waals surface area (Å²) in [6.07, 6.45) is 3.54. The van der Waals surface area contributed by atoms with Gasteiger partial charge in [-0.1, -0.05) is 19.9 Å². The van der Waals surface area contributed by atoms with Gasteiger partial charge in [0.05, 0.1) is 0 Å². The molecule has 0 N–H and O–H groups in total. The SMILES string of the molecule is C=CCCC(Cl)(Cl)C(C)(C)[SiH3]. The van der Waals surface area contributed by atoms with E-state index in [-0.39, 0.29) is 5.04 Å². The van der Waals surface area contributed by atoms with Crippen molar-refractivity contribution in [2.45, 2.75) is 36.1 Å². The van der Waals surface area contributed by atoms with Crippen molar-refractivity contribution in [2.24, 2.45) is 0 Å². The second-order valence-electron chi connectivity index (χ2n) is 3.78. The van der Waals surface area contributed by atoms with Crippen LogP contribution in [-0.4, -0.2) is 14.6 Å². The number of hydrogen-bond acceptors (Lipinski definition) is 0. The lowest BCUT2D eigenvalue weighted by atomic mass is 10.0. The van der Waals surface area contributed by atoms with Gasteiger partial charge in [-0.3, -0.25) is 0 Å². The van der Waals surface area contributed by atoms with Crippen LogP contribution in [0.4, 0.5) is 0 Å². The second-order valence-corrected chi connectivity index (χ2v) is 7.77. The lowest BCUT2D eigenvalue weighted by Gasteiger charge is -2.33. The van der Waals surface area contributed by atoms with Gasteiger partial charge < -0.3 is 0 Å². The molecular formula is C8H16Cl2Si. The highest BCUT2D eigenvalue weighted by atomic mass is 35.5. The van der Waals surface area contributed by atoms with Crippen LogP contribution in [0.5, 0.6) is 0 Å². The molecule has 66 valence electrons. The molecule has 0 aliphatic rings. The third kappa shape index (κ3) is 3.63. The maximum atomic E-state index is 6.14. The van der Waals surface area contributed by atoms with Gasteiger partial charge in [-0.25, -0.2) is 0 Å². The van der Waals surface area contributed by atoms with Crippen LogP contribution in [0.25, 0.3) is 0 Å². The van der Waals surface area contributed by atoms with E-state index in [0.29, 0.717) is 0 Å². The zero-order chi connectivity index (χ0) is 9.12. The first-order valence-corrected chi connectivity index (χ1v) is 5.55. The van der Waals surface area contributed by atoms with Crippen molar-refractivity contribution < 1.29 is 0 Å². The Morgan fingerprint density at radius 1 is 1.45 bits per heavy atom. The number of rotatable bonds is 4. The molecule has 0 unspecified atom stereocenters. The molecular weight excluding hydrogens is 195 g/mol. The summed E-state index contributed by atoms with van der Waals surface area (Å²) in [6, 6.07) is 0. The first-order chi connectivity index (χ1) is 4.81. The van der Waals surface area contributed by atoms with Crippen LogP contribution in [0.2, 0.25) is 5.04 Å². The molecule has 0 saturated carbocycles. The Balaban J connectivity index is 4.10. The number of allylic oxidation sites excluding steroid dienone is 1. The van der Waals surface area contributed by atoms with Crippen molar-refractivity contribution in [1.29, 1.82) is 0 Å². The molecule has 0 aromatic heterocycles. The predicted octanol–water partition coefficient (Wildman–Crippen LogP) is 2.69. The van der Waals surface area contributed by atoms with Crippen molar-refractivity contribution >= 4 is 33.4 Å². The van der Waals surface area contributed by atoms with Gasteiger partial charge in [0.25, 0.3) is 0 Å². The quantitative estimate of drug-likeness (QED) is 0.381. The van der Waals surface area contributed by atoms with Crippen molar-refractivity contribution in [1.82, 2.24) is 0 Å². The summed E-state index contributed by atoms with van der Waals surface area (Å²) in [7, 11) is 1.00. The highest BCUT2D eigenvalue weighted by Crippen LogP contribution is 2.46. The molecule has 0 aliphatic carbocycles. The van der Waals surface area contributed by atoms with Crippen LogP contribution >= 0.6 is 23.2 Å². The molecule has 0 nitrogen and oxygen atoms in total. The Bertz CT molecular complexity index is 136. The molecule has 0 atom stereocenters. The van der Waals surface area contributed by atoms with E-state index >= 15 is 0 Å². The highest BCUT2D eigenvalue weighted by molar-refractivity contribution is 6.52. The molecule has 11 heavy (non-hydrogen) atoms. The highest BCUT2D eigenvalue weighted by Gasteiger charge is 2.36. The lowest BCUT2D eigenvalue weighted by Crippen LogP contribution is -2.28. The average Bonchev–Trinajstić information content (AvgIpc) is 1.81. The molecule has 0 bridgehead atoms. The molecule has 0 saturated heterocycles. The summed E-state index contributed by atoms with van der Waals surface area (Å²) < 4.78 is -0.576. The van der Waals surface area contributed by atoms with Crippen LogP contribution in [0, 0.1) is 0 Å². The van der Waals surface area contributed by atoms with Crippen LogP contribution in [0.15, 0.2) is 12.7 Å². The molecule has 0 spiro atoms. The minimum Gasteiger partial charge on any atom is -0.103 e. The standard InChI is InChI=1S/C8H16Cl2Si/c1-4-5-6-8(9,10)7(2,3)11/h4H,1,5-6H2,2-3,11H3. The van der Waals surface area contributed by atoms with Crippen LogP contribution < -0.4 is 0 Å². The van der Waals surface area contributed by atoms with E-state index in [4.69, 9.17) is 23.2 Å². The maximum absolute atomic E-state index is 6.14. The molecule has 0 rings (SSSR count). The fraction of sp³-hybridized carbons (Fsp3) is 0.750. The summed E-state index contributed by atoms with van der Waals surface area (Å²) in [4.78, 5) is 0. The Labute approximate surface area is 82.4 Å². The smallest absolute Gasteiger partial charge is 0.103 e. The summed E-state index contributed by atoms with van der Waals surface area (Å²) in [5.41, 5.74) is 0. The number of hydrogen-bond donors (Lipinski definition) is 0. The third-order valence-corrected chi connectivity index (χ3v) is 4.76. The van der Waals surface area contributed by atoms with Crippen LogP contribution in [-0.2, 0) is 0 Å². The van der Waals surface area contributed by atoms with Crippen molar-refractivity contribution in [2.75, 3.05) is 0 Å². The Hall–Kier alpha value is 0.537. The average molecular weight is 211 g/mol. The van der Waals surface area contributed by atoms with Crippen molar-refractivity contribution in [3.63, 3.8) is 0 Å². The van der Waals surface area contributed by atoms with E-state index < -0.39 is 4.33 Å². The molecule has 0 aromatic rings. The van der Waals surface area contributed by atoms with E-state index in [9.17, 15) is 0 Å². The molecule has 0 aromatic carbocycles. The van der Waals surface area contributed by atoms with Crippen LogP contribution in [0.3, 0.4) is 0 Å². The number of halogens is 2. The van der Waals surface area contributed by atoms with Crippen LogP contribution in [0.1, 0.15) is 26.7 Å². The van der Waals surface area contributed by atoms with Gasteiger partial charge in [0.1, 0.15) is 4.33 Å². The zero-order valence-corrected chi connectivity index (χ0v) is 11.0. The van der Waals surface area contributed by atoms with E-state index in [2.05, 4.69) is 20.4 Å². The van der Waals surface area contributed by atoms with Gasteiger partial charge in [-0.05, 0) is 17.9 Å². The van der Waals surface area contributed by atoms with Gasteiger partial charge in [0.15, 0.2) is 0 Å². The summed E-state index contributed by atoms with van der Waals surface area (Å²) >= 11 is 12.3. The topological polar surface area (TPSA) is 0 Å². The summed E-state index contributed by atoms with van der Waals surface area (Å²) in [5, 5.41) is 0.0686. The van der Waals surface area contributed by atoms with Gasteiger partial charge >= 0.3 is 0 Å². The Morgan fingerprint density at radius 3 is 2.18 bits per heavy atom. The molecule has 3 heteroatoms.